The molecule has 74 valence electrons. The first kappa shape index (κ1) is 10.4. The van der Waals surface area contributed by atoms with Crippen LogP contribution >= 0.6 is 11.3 Å². The normalized spacial score (nSPS) is 12.8. The highest BCUT2D eigenvalue weighted by Crippen LogP contribution is 2.15. The Kier molecular flexibility index (Phi) is 4.11. The van der Waals surface area contributed by atoms with E-state index >= 15 is 0 Å². The van der Waals surface area contributed by atoms with Crippen LogP contribution in [0.3, 0.4) is 0 Å². The van der Waals surface area contributed by atoms with E-state index in [0.29, 0.717) is 12.6 Å². The third-order valence-electron chi connectivity index (χ3n) is 1.71. The lowest BCUT2D eigenvalue weighted by Gasteiger charge is -2.13. The highest BCUT2D eigenvalue weighted by molar-refractivity contribution is 7.15. The highest BCUT2D eigenvalue weighted by atomic mass is 32.1. The van der Waals surface area contributed by atoms with Crippen LogP contribution in [0, 0.1) is 6.92 Å². The van der Waals surface area contributed by atoms with E-state index in [2.05, 4.69) is 22.4 Å². The second kappa shape index (κ2) is 5.14. The molecule has 1 N–H and O–H groups in total. The molecule has 5 heteroatoms. The van der Waals surface area contributed by atoms with Crippen LogP contribution in [0.5, 0.6) is 0 Å². The Balaban J connectivity index is 2.46. The monoisotopic (exact) mass is 201 g/mol. The Morgan fingerprint density at radius 1 is 1.54 bits per heavy atom. The van der Waals surface area contributed by atoms with Gasteiger partial charge >= 0.3 is 0 Å². The summed E-state index contributed by atoms with van der Waals surface area (Å²) in [6, 6.07) is 0.331. The topological polar surface area (TPSA) is 47.0 Å². The molecule has 0 spiro atoms. The van der Waals surface area contributed by atoms with Crippen LogP contribution in [0.2, 0.25) is 0 Å². The molecule has 0 aliphatic heterocycles. The van der Waals surface area contributed by atoms with Crippen LogP contribution < -0.4 is 5.32 Å². The highest BCUT2D eigenvalue weighted by Gasteiger charge is 2.07. The van der Waals surface area contributed by atoms with Crippen molar-refractivity contribution in [2.45, 2.75) is 26.3 Å². The minimum Gasteiger partial charge on any atom is -0.383 e. The van der Waals surface area contributed by atoms with Crippen molar-refractivity contribution in [2.24, 2.45) is 0 Å². The van der Waals surface area contributed by atoms with E-state index in [-0.39, 0.29) is 0 Å². The molecular formula is C8H15N3OS. The number of ether oxygens (including phenoxy) is 1. The first-order chi connectivity index (χ1) is 6.26. The van der Waals surface area contributed by atoms with Crippen LogP contribution in [0.4, 0.5) is 5.13 Å². The second-order valence-electron chi connectivity index (χ2n) is 2.83. The fourth-order valence-electron chi connectivity index (χ4n) is 0.992. The summed E-state index contributed by atoms with van der Waals surface area (Å²) >= 11 is 1.57. The molecule has 0 aliphatic carbocycles. The zero-order chi connectivity index (χ0) is 9.68. The number of aryl methyl sites for hydroxylation is 1. The minimum atomic E-state index is 0.331. The molecule has 1 heterocycles. The van der Waals surface area contributed by atoms with Gasteiger partial charge in [-0.1, -0.05) is 18.3 Å². The molecule has 0 saturated carbocycles. The summed E-state index contributed by atoms with van der Waals surface area (Å²) in [6.45, 7) is 4.76. The summed E-state index contributed by atoms with van der Waals surface area (Å²) in [6.07, 6.45) is 1.02. The van der Waals surface area contributed by atoms with E-state index in [1.165, 1.54) is 0 Å². The molecule has 1 aromatic heterocycles. The van der Waals surface area contributed by atoms with Crippen molar-refractivity contribution in [1.29, 1.82) is 0 Å². The second-order valence-corrected chi connectivity index (χ2v) is 4.01. The van der Waals surface area contributed by atoms with Crippen molar-refractivity contribution in [3.8, 4) is 0 Å². The van der Waals surface area contributed by atoms with Crippen molar-refractivity contribution in [3.63, 3.8) is 0 Å². The SMILES string of the molecule is CCC(COC)Nc1nnc(C)s1. The van der Waals surface area contributed by atoms with E-state index in [9.17, 15) is 0 Å². The van der Waals surface area contributed by atoms with E-state index in [1.54, 1.807) is 18.4 Å². The molecule has 0 amide bonds. The number of rotatable bonds is 5. The number of methoxy groups -OCH3 is 1. The maximum atomic E-state index is 5.07. The van der Waals surface area contributed by atoms with E-state index in [1.807, 2.05) is 6.92 Å². The van der Waals surface area contributed by atoms with Crippen LogP contribution in [-0.2, 0) is 4.74 Å². The van der Waals surface area contributed by atoms with Crippen LogP contribution in [0.25, 0.3) is 0 Å². The minimum absolute atomic E-state index is 0.331. The Labute approximate surface area is 82.3 Å². The fraction of sp³-hybridized carbons (Fsp3) is 0.750. The Hall–Kier alpha value is -0.680. The summed E-state index contributed by atoms with van der Waals surface area (Å²) in [5.41, 5.74) is 0. The number of anilines is 1. The Morgan fingerprint density at radius 3 is 2.77 bits per heavy atom. The van der Waals surface area contributed by atoms with Gasteiger partial charge in [0, 0.05) is 7.11 Å². The number of nitrogens with zero attached hydrogens (tertiary/aromatic N) is 2. The van der Waals surface area contributed by atoms with Gasteiger partial charge in [-0.2, -0.15) is 0 Å². The van der Waals surface area contributed by atoms with Gasteiger partial charge in [0.05, 0.1) is 12.6 Å². The molecule has 1 unspecified atom stereocenters. The number of nitrogens with one attached hydrogen (secondary N) is 1. The summed E-state index contributed by atoms with van der Waals surface area (Å²) < 4.78 is 5.07. The first-order valence-corrected chi connectivity index (χ1v) is 5.13. The molecule has 4 nitrogen and oxygen atoms in total. The summed E-state index contributed by atoms with van der Waals surface area (Å²) in [7, 11) is 1.70. The first-order valence-electron chi connectivity index (χ1n) is 4.31. The predicted molar refractivity (Wildman–Crippen MR) is 54.2 cm³/mol. The molecule has 0 bridgehead atoms. The predicted octanol–water partition coefficient (Wildman–Crippen LogP) is 1.68. The molecule has 0 fully saturated rings. The molecule has 1 aromatic rings. The third-order valence-corrected chi connectivity index (χ3v) is 2.48. The van der Waals surface area contributed by atoms with Crippen molar-refractivity contribution in [2.75, 3.05) is 19.0 Å². The van der Waals surface area contributed by atoms with Gasteiger partial charge < -0.3 is 10.1 Å². The maximum Gasteiger partial charge on any atom is 0.205 e. The zero-order valence-corrected chi connectivity index (χ0v) is 9.02. The summed E-state index contributed by atoms with van der Waals surface area (Å²) in [5, 5.41) is 13.0. The molecule has 13 heavy (non-hydrogen) atoms. The molecule has 1 atom stereocenters. The lowest BCUT2D eigenvalue weighted by Crippen LogP contribution is -2.23. The van der Waals surface area contributed by atoms with Crippen molar-refractivity contribution >= 4 is 16.5 Å². The quantitative estimate of drug-likeness (QED) is 0.787. The lowest BCUT2D eigenvalue weighted by molar-refractivity contribution is 0.184. The number of aromatic nitrogens is 2. The number of hydrogen-bond donors (Lipinski definition) is 1. The fourth-order valence-corrected chi connectivity index (χ4v) is 1.66. The Morgan fingerprint density at radius 2 is 2.31 bits per heavy atom. The van der Waals surface area contributed by atoms with Gasteiger partial charge in [-0.3, -0.25) is 0 Å². The molecular weight excluding hydrogens is 186 g/mol. The van der Waals surface area contributed by atoms with Crippen LogP contribution in [0.1, 0.15) is 18.4 Å². The van der Waals surface area contributed by atoms with Crippen LogP contribution in [-0.4, -0.2) is 30.0 Å². The van der Waals surface area contributed by atoms with Gasteiger partial charge in [-0.15, -0.1) is 10.2 Å². The summed E-state index contributed by atoms with van der Waals surface area (Å²) in [4.78, 5) is 0. The van der Waals surface area contributed by atoms with Gasteiger partial charge in [-0.25, -0.2) is 0 Å². The average molecular weight is 201 g/mol. The maximum absolute atomic E-state index is 5.07. The van der Waals surface area contributed by atoms with Crippen LogP contribution in [0.15, 0.2) is 0 Å². The molecule has 0 radical (unpaired) electrons. The molecule has 0 aliphatic rings. The molecule has 0 saturated heterocycles. The van der Waals surface area contributed by atoms with Gasteiger partial charge in [-0.05, 0) is 13.3 Å². The largest absolute Gasteiger partial charge is 0.383 e. The molecule has 0 aromatic carbocycles. The van der Waals surface area contributed by atoms with Crippen molar-refractivity contribution in [3.05, 3.63) is 5.01 Å². The zero-order valence-electron chi connectivity index (χ0n) is 8.20. The van der Waals surface area contributed by atoms with E-state index < -0.39 is 0 Å². The van der Waals surface area contributed by atoms with E-state index in [0.717, 1.165) is 16.6 Å². The van der Waals surface area contributed by atoms with Crippen molar-refractivity contribution in [1.82, 2.24) is 10.2 Å². The third kappa shape index (κ3) is 3.28. The van der Waals surface area contributed by atoms with E-state index in [4.69, 9.17) is 4.74 Å². The van der Waals surface area contributed by atoms with Gasteiger partial charge in [0.15, 0.2) is 0 Å². The smallest absolute Gasteiger partial charge is 0.205 e. The average Bonchev–Trinajstić information content (AvgIpc) is 2.50. The number of hydrogen-bond acceptors (Lipinski definition) is 5. The van der Waals surface area contributed by atoms with Gasteiger partial charge in [0.1, 0.15) is 5.01 Å². The summed E-state index contributed by atoms with van der Waals surface area (Å²) in [5.74, 6) is 0. The standard InChI is InChI=1S/C8H15N3OS/c1-4-7(5-12-3)9-8-11-10-6(2)13-8/h7H,4-5H2,1-3H3,(H,9,11). The van der Waals surface area contributed by atoms with Gasteiger partial charge in [0.25, 0.3) is 0 Å². The lowest BCUT2D eigenvalue weighted by atomic mass is 10.2. The van der Waals surface area contributed by atoms with Crippen molar-refractivity contribution < 1.29 is 4.74 Å². The van der Waals surface area contributed by atoms with Gasteiger partial charge in [0.2, 0.25) is 5.13 Å². The Bertz CT molecular complexity index is 251. The molecule has 1 rings (SSSR count).